The number of rotatable bonds is 6. The van der Waals surface area contributed by atoms with Gasteiger partial charge in [-0.25, -0.2) is 8.42 Å². The average molecular weight is 437 g/mol. The maximum absolute atomic E-state index is 13.1. The Morgan fingerprint density at radius 3 is 2.55 bits per heavy atom. The highest BCUT2D eigenvalue weighted by atomic mass is 35.5. The van der Waals surface area contributed by atoms with Crippen LogP contribution >= 0.6 is 11.6 Å². The molecule has 0 aliphatic heterocycles. The van der Waals surface area contributed by atoms with Gasteiger partial charge in [0.15, 0.2) is 0 Å². The Morgan fingerprint density at radius 1 is 1.14 bits per heavy atom. The molecule has 2 aromatic rings. The molecule has 3 rings (SSSR count). The van der Waals surface area contributed by atoms with E-state index in [1.165, 1.54) is 23.5 Å². The summed E-state index contributed by atoms with van der Waals surface area (Å²) in [5.74, 6) is 0.0199. The van der Waals surface area contributed by atoms with Gasteiger partial charge in [-0.15, -0.1) is 0 Å². The van der Waals surface area contributed by atoms with Crippen LogP contribution in [0.1, 0.15) is 42.5 Å². The molecule has 2 aromatic carbocycles. The molecule has 0 spiro atoms. The van der Waals surface area contributed by atoms with Crippen LogP contribution < -0.4 is 10.1 Å². The maximum Gasteiger partial charge on any atom is 0.255 e. The van der Waals surface area contributed by atoms with Gasteiger partial charge in [0.2, 0.25) is 10.0 Å². The minimum atomic E-state index is -3.68. The van der Waals surface area contributed by atoms with E-state index in [1.807, 2.05) is 0 Å². The first-order valence-corrected chi connectivity index (χ1v) is 11.4. The van der Waals surface area contributed by atoms with Gasteiger partial charge in [0.25, 0.3) is 5.91 Å². The number of ether oxygens (including phenoxy) is 1. The van der Waals surface area contributed by atoms with Crippen molar-refractivity contribution in [2.24, 2.45) is 0 Å². The molecule has 1 aliphatic rings. The maximum atomic E-state index is 13.1. The lowest BCUT2D eigenvalue weighted by Gasteiger charge is -2.30. The Kier molecular flexibility index (Phi) is 6.82. The van der Waals surface area contributed by atoms with E-state index < -0.39 is 15.9 Å². The summed E-state index contributed by atoms with van der Waals surface area (Å²) < 4.78 is 32.8. The van der Waals surface area contributed by atoms with Crippen LogP contribution in [0.3, 0.4) is 0 Å². The lowest BCUT2D eigenvalue weighted by Crippen LogP contribution is -2.38. The molecule has 1 amide bonds. The molecule has 0 unspecified atom stereocenters. The van der Waals surface area contributed by atoms with E-state index in [2.05, 4.69) is 5.32 Å². The summed E-state index contributed by atoms with van der Waals surface area (Å²) in [6.45, 7) is 0. The molecule has 0 radical (unpaired) electrons. The molecule has 0 aromatic heterocycles. The van der Waals surface area contributed by atoms with Gasteiger partial charge in [-0.1, -0.05) is 36.9 Å². The van der Waals surface area contributed by atoms with Crippen molar-refractivity contribution in [3.63, 3.8) is 0 Å². The van der Waals surface area contributed by atoms with E-state index in [-0.39, 0.29) is 16.5 Å². The first-order chi connectivity index (χ1) is 13.8. The van der Waals surface area contributed by atoms with Crippen molar-refractivity contribution in [1.29, 1.82) is 0 Å². The molecule has 1 saturated carbocycles. The second kappa shape index (κ2) is 9.15. The van der Waals surface area contributed by atoms with Gasteiger partial charge in [-0.05, 0) is 49.2 Å². The Morgan fingerprint density at radius 2 is 1.86 bits per heavy atom. The monoisotopic (exact) mass is 436 g/mol. The van der Waals surface area contributed by atoms with Crippen molar-refractivity contribution >= 4 is 33.2 Å². The van der Waals surface area contributed by atoms with Crippen LogP contribution in [0.25, 0.3) is 0 Å². The van der Waals surface area contributed by atoms with Crippen molar-refractivity contribution in [3.05, 3.63) is 53.1 Å². The van der Waals surface area contributed by atoms with E-state index >= 15 is 0 Å². The SMILES string of the molecule is COc1ccc(Cl)cc1NC(=O)c1cccc(S(=O)(=O)N(C)C2CCCCC2)c1. The average Bonchev–Trinajstić information content (AvgIpc) is 2.74. The standard InChI is InChI=1S/C21H25ClN2O4S/c1-24(17-8-4-3-5-9-17)29(26,27)18-10-6-7-15(13-18)21(25)23-19-14-16(22)11-12-20(19)28-2/h6-7,10-14,17H,3-5,8-9H2,1-2H3,(H,23,25). The molecule has 1 aliphatic carbocycles. The first kappa shape index (κ1) is 21.6. The molecular weight excluding hydrogens is 412 g/mol. The fraction of sp³-hybridized carbons (Fsp3) is 0.381. The molecule has 6 nitrogen and oxygen atoms in total. The van der Waals surface area contributed by atoms with E-state index in [9.17, 15) is 13.2 Å². The molecular formula is C21H25ClN2O4S. The first-order valence-electron chi connectivity index (χ1n) is 9.56. The van der Waals surface area contributed by atoms with Crippen molar-refractivity contribution in [3.8, 4) is 5.75 Å². The second-order valence-corrected chi connectivity index (χ2v) is 9.57. The third kappa shape index (κ3) is 4.91. The fourth-order valence-electron chi connectivity index (χ4n) is 3.58. The number of nitrogens with zero attached hydrogens (tertiary/aromatic N) is 1. The van der Waals surface area contributed by atoms with Crippen molar-refractivity contribution < 1.29 is 17.9 Å². The number of carbonyl (C=O) groups is 1. The predicted octanol–water partition coefficient (Wildman–Crippen LogP) is 4.55. The highest BCUT2D eigenvalue weighted by molar-refractivity contribution is 7.89. The number of amides is 1. The summed E-state index contributed by atoms with van der Waals surface area (Å²) in [5, 5.41) is 3.18. The molecule has 156 valence electrons. The number of hydrogen-bond donors (Lipinski definition) is 1. The van der Waals surface area contributed by atoms with Gasteiger partial charge in [-0.2, -0.15) is 4.31 Å². The highest BCUT2D eigenvalue weighted by Gasteiger charge is 2.29. The number of methoxy groups -OCH3 is 1. The Hall–Kier alpha value is -2.09. The number of anilines is 1. The van der Waals surface area contributed by atoms with Crippen LogP contribution in [-0.4, -0.2) is 38.8 Å². The fourth-order valence-corrected chi connectivity index (χ4v) is 5.21. The van der Waals surface area contributed by atoms with Gasteiger partial charge in [0.05, 0.1) is 17.7 Å². The van der Waals surface area contributed by atoms with Crippen LogP contribution in [0.15, 0.2) is 47.4 Å². The Bertz CT molecular complexity index is 988. The normalized spacial score (nSPS) is 15.3. The lowest BCUT2D eigenvalue weighted by molar-refractivity contribution is 0.102. The Labute approximate surface area is 176 Å². The quantitative estimate of drug-likeness (QED) is 0.720. The highest BCUT2D eigenvalue weighted by Crippen LogP contribution is 2.29. The zero-order chi connectivity index (χ0) is 21.0. The lowest BCUT2D eigenvalue weighted by atomic mass is 9.96. The second-order valence-electron chi connectivity index (χ2n) is 7.14. The molecule has 0 bridgehead atoms. The summed E-state index contributed by atoms with van der Waals surface area (Å²) >= 11 is 6.01. The number of benzene rings is 2. The molecule has 0 atom stereocenters. The summed E-state index contributed by atoms with van der Waals surface area (Å²) in [4.78, 5) is 12.8. The molecule has 1 fully saturated rings. The van der Waals surface area contributed by atoms with Crippen LogP contribution in [0, 0.1) is 0 Å². The van der Waals surface area contributed by atoms with E-state index in [0.717, 1.165) is 32.1 Å². The molecule has 1 N–H and O–H groups in total. The van der Waals surface area contributed by atoms with Gasteiger partial charge in [0.1, 0.15) is 5.75 Å². The third-order valence-electron chi connectivity index (χ3n) is 5.27. The van der Waals surface area contributed by atoms with Gasteiger partial charge < -0.3 is 10.1 Å². The molecule has 8 heteroatoms. The summed E-state index contributed by atoms with van der Waals surface area (Å²) in [5.41, 5.74) is 0.655. The number of nitrogens with one attached hydrogen (secondary N) is 1. The summed E-state index contributed by atoms with van der Waals surface area (Å²) in [6.07, 6.45) is 4.95. The van der Waals surface area contributed by atoms with E-state index in [0.29, 0.717) is 16.5 Å². The van der Waals surface area contributed by atoms with Gasteiger partial charge in [-0.3, -0.25) is 4.79 Å². The number of hydrogen-bond acceptors (Lipinski definition) is 4. The summed E-state index contributed by atoms with van der Waals surface area (Å²) in [6, 6.07) is 11.0. The summed E-state index contributed by atoms with van der Waals surface area (Å²) in [7, 11) is -0.566. The van der Waals surface area contributed by atoms with Crippen molar-refractivity contribution in [2.75, 3.05) is 19.5 Å². The van der Waals surface area contributed by atoms with Crippen molar-refractivity contribution in [2.45, 2.75) is 43.0 Å². The van der Waals surface area contributed by atoms with Crippen LogP contribution in [0.5, 0.6) is 5.75 Å². The zero-order valence-corrected chi connectivity index (χ0v) is 18.1. The minimum absolute atomic E-state index is 0.00181. The molecule has 0 saturated heterocycles. The minimum Gasteiger partial charge on any atom is -0.495 e. The zero-order valence-electron chi connectivity index (χ0n) is 16.5. The molecule has 29 heavy (non-hydrogen) atoms. The number of halogens is 1. The Balaban J connectivity index is 1.83. The number of sulfonamides is 1. The van der Waals surface area contributed by atoms with Crippen LogP contribution in [-0.2, 0) is 10.0 Å². The smallest absolute Gasteiger partial charge is 0.255 e. The van der Waals surface area contributed by atoms with Gasteiger partial charge in [0, 0.05) is 23.7 Å². The van der Waals surface area contributed by atoms with Crippen LogP contribution in [0.4, 0.5) is 5.69 Å². The molecule has 0 heterocycles. The third-order valence-corrected chi connectivity index (χ3v) is 7.41. The van der Waals surface area contributed by atoms with Crippen molar-refractivity contribution in [1.82, 2.24) is 4.31 Å². The topological polar surface area (TPSA) is 75.7 Å². The van der Waals surface area contributed by atoms with E-state index in [4.69, 9.17) is 16.3 Å². The van der Waals surface area contributed by atoms with E-state index in [1.54, 1.807) is 37.4 Å². The largest absolute Gasteiger partial charge is 0.495 e. The predicted molar refractivity (Wildman–Crippen MR) is 114 cm³/mol. The number of carbonyl (C=O) groups excluding carboxylic acids is 1. The van der Waals surface area contributed by atoms with Crippen LogP contribution in [0.2, 0.25) is 5.02 Å². The van der Waals surface area contributed by atoms with Gasteiger partial charge >= 0.3 is 0 Å².